The number of aliphatic hydroxyl groups is 1. The fourth-order valence-electron chi connectivity index (χ4n) is 1.66. The normalized spacial score (nSPS) is 20.2. The average Bonchev–Trinajstić information content (AvgIpc) is 2.51. The van der Waals surface area contributed by atoms with Crippen molar-refractivity contribution in [2.75, 3.05) is 20.3 Å². The van der Waals surface area contributed by atoms with E-state index in [2.05, 4.69) is 10.1 Å². The van der Waals surface area contributed by atoms with Gasteiger partial charge < -0.3 is 15.2 Å². The molecule has 1 aliphatic rings. The second-order valence-corrected chi connectivity index (χ2v) is 3.64. The molecule has 0 aromatic heterocycles. The number of hydrogen-bond donors (Lipinski definition) is 2. The molecule has 0 heterocycles. The molecule has 1 fully saturated rings. The van der Waals surface area contributed by atoms with E-state index in [1.807, 2.05) is 0 Å². The summed E-state index contributed by atoms with van der Waals surface area (Å²) in [5.41, 5.74) is -0.663. The Morgan fingerprint density at radius 1 is 1.54 bits per heavy atom. The topological polar surface area (TPSA) is 58.6 Å². The Balaban J connectivity index is 2.21. The summed E-state index contributed by atoms with van der Waals surface area (Å²) in [7, 11) is 1.48. The number of carbonyl (C=O) groups is 1. The first-order valence-electron chi connectivity index (χ1n) is 4.64. The molecule has 0 aliphatic heterocycles. The molecule has 4 heteroatoms. The zero-order valence-electron chi connectivity index (χ0n) is 8.01. The minimum absolute atomic E-state index is 0.0656. The molecule has 2 N–H and O–H groups in total. The van der Waals surface area contributed by atoms with Crippen molar-refractivity contribution in [1.29, 1.82) is 0 Å². The highest BCUT2D eigenvalue weighted by molar-refractivity contribution is 5.77. The van der Waals surface area contributed by atoms with Crippen LogP contribution in [0.5, 0.6) is 0 Å². The van der Waals surface area contributed by atoms with Crippen molar-refractivity contribution in [2.24, 2.45) is 0 Å². The van der Waals surface area contributed by atoms with Crippen molar-refractivity contribution in [3.8, 4) is 0 Å². The number of nitrogens with one attached hydrogen (secondary N) is 1. The smallest absolute Gasteiger partial charge is 0.246 e. The summed E-state index contributed by atoms with van der Waals surface area (Å²) in [5.74, 6) is -0.164. The summed E-state index contributed by atoms with van der Waals surface area (Å²) in [4.78, 5) is 11.0. The van der Waals surface area contributed by atoms with Gasteiger partial charge in [0.15, 0.2) is 0 Å². The Morgan fingerprint density at radius 3 is 2.69 bits per heavy atom. The third-order valence-corrected chi connectivity index (χ3v) is 2.42. The van der Waals surface area contributed by atoms with E-state index in [9.17, 15) is 9.90 Å². The summed E-state index contributed by atoms with van der Waals surface area (Å²) < 4.78 is 4.66. The second-order valence-electron chi connectivity index (χ2n) is 3.64. The predicted molar refractivity (Wildman–Crippen MR) is 48.3 cm³/mol. The molecule has 1 aliphatic carbocycles. The Hall–Kier alpha value is -0.610. The van der Waals surface area contributed by atoms with Crippen molar-refractivity contribution in [3.63, 3.8) is 0 Å². The minimum atomic E-state index is -0.663. The first kappa shape index (κ1) is 10.5. The Bertz CT molecular complexity index is 176. The van der Waals surface area contributed by atoms with Crippen molar-refractivity contribution >= 4 is 5.91 Å². The summed E-state index contributed by atoms with van der Waals surface area (Å²) in [5, 5.41) is 12.5. The van der Waals surface area contributed by atoms with Gasteiger partial charge in [0.05, 0.1) is 5.60 Å². The highest BCUT2D eigenvalue weighted by Crippen LogP contribution is 2.28. The van der Waals surface area contributed by atoms with E-state index in [0.29, 0.717) is 6.54 Å². The van der Waals surface area contributed by atoms with Crippen LogP contribution in [0.2, 0.25) is 0 Å². The molecule has 1 amide bonds. The van der Waals surface area contributed by atoms with Crippen LogP contribution < -0.4 is 5.32 Å². The minimum Gasteiger partial charge on any atom is -0.388 e. The van der Waals surface area contributed by atoms with Crippen molar-refractivity contribution in [2.45, 2.75) is 31.3 Å². The highest BCUT2D eigenvalue weighted by Gasteiger charge is 2.31. The van der Waals surface area contributed by atoms with Crippen molar-refractivity contribution in [1.82, 2.24) is 5.32 Å². The maximum Gasteiger partial charge on any atom is 0.246 e. The first-order valence-corrected chi connectivity index (χ1v) is 4.64. The molecule has 0 radical (unpaired) electrons. The molecule has 0 saturated heterocycles. The molecular weight excluding hydrogens is 170 g/mol. The van der Waals surface area contributed by atoms with Gasteiger partial charge in [-0.15, -0.1) is 0 Å². The predicted octanol–water partition coefficient (Wildman–Crippen LogP) is 0.0541. The lowest BCUT2D eigenvalue weighted by Gasteiger charge is -2.22. The SMILES string of the molecule is COCC(=O)NCC1(O)CCCC1. The van der Waals surface area contributed by atoms with Gasteiger partial charge in [0.1, 0.15) is 6.61 Å². The van der Waals surface area contributed by atoms with E-state index in [-0.39, 0.29) is 12.5 Å². The van der Waals surface area contributed by atoms with E-state index in [1.54, 1.807) is 0 Å². The van der Waals surface area contributed by atoms with Gasteiger partial charge in [0.2, 0.25) is 5.91 Å². The monoisotopic (exact) mass is 187 g/mol. The van der Waals surface area contributed by atoms with Crippen molar-refractivity contribution in [3.05, 3.63) is 0 Å². The molecule has 0 aromatic carbocycles. The van der Waals surface area contributed by atoms with Gasteiger partial charge in [-0.25, -0.2) is 0 Å². The lowest BCUT2D eigenvalue weighted by atomic mass is 10.0. The summed E-state index contributed by atoms with van der Waals surface area (Å²) in [6.45, 7) is 0.422. The molecule has 0 atom stereocenters. The lowest BCUT2D eigenvalue weighted by molar-refractivity contribution is -0.125. The molecule has 0 bridgehead atoms. The first-order chi connectivity index (χ1) is 6.16. The second kappa shape index (κ2) is 4.58. The number of ether oxygens (including phenoxy) is 1. The fraction of sp³-hybridized carbons (Fsp3) is 0.889. The quantitative estimate of drug-likeness (QED) is 0.654. The van der Waals surface area contributed by atoms with Gasteiger partial charge in [0, 0.05) is 13.7 Å². The van der Waals surface area contributed by atoms with Crippen LogP contribution in [0.15, 0.2) is 0 Å². The molecule has 0 aromatic rings. The maximum atomic E-state index is 11.0. The third kappa shape index (κ3) is 3.32. The largest absolute Gasteiger partial charge is 0.388 e. The van der Waals surface area contributed by atoms with Crippen LogP contribution in [0.25, 0.3) is 0 Å². The van der Waals surface area contributed by atoms with Crippen molar-refractivity contribution < 1.29 is 14.6 Å². The zero-order chi connectivity index (χ0) is 9.73. The van der Waals surface area contributed by atoms with Gasteiger partial charge >= 0.3 is 0 Å². The third-order valence-electron chi connectivity index (χ3n) is 2.42. The molecule has 1 rings (SSSR count). The van der Waals surface area contributed by atoms with Crippen LogP contribution in [0.1, 0.15) is 25.7 Å². The number of carbonyl (C=O) groups excluding carboxylic acids is 1. The van der Waals surface area contributed by atoms with Gasteiger partial charge in [-0.3, -0.25) is 4.79 Å². The number of amides is 1. The maximum absolute atomic E-state index is 11.0. The lowest BCUT2D eigenvalue weighted by Crippen LogP contribution is -2.41. The van der Waals surface area contributed by atoms with Crippen LogP contribution in [-0.4, -0.2) is 36.9 Å². The molecule has 0 unspecified atom stereocenters. The van der Waals surface area contributed by atoms with Crippen LogP contribution in [0, 0.1) is 0 Å². The Labute approximate surface area is 78.3 Å². The van der Waals surface area contributed by atoms with Crippen LogP contribution in [-0.2, 0) is 9.53 Å². The molecule has 76 valence electrons. The molecule has 13 heavy (non-hydrogen) atoms. The van der Waals surface area contributed by atoms with Crippen LogP contribution in [0.4, 0.5) is 0 Å². The van der Waals surface area contributed by atoms with Gasteiger partial charge in [0.25, 0.3) is 0 Å². The number of hydrogen-bond acceptors (Lipinski definition) is 3. The van der Waals surface area contributed by atoms with Gasteiger partial charge in [-0.1, -0.05) is 12.8 Å². The molecule has 1 saturated carbocycles. The Morgan fingerprint density at radius 2 is 2.15 bits per heavy atom. The van der Waals surface area contributed by atoms with Gasteiger partial charge in [-0.05, 0) is 12.8 Å². The number of methoxy groups -OCH3 is 1. The zero-order valence-corrected chi connectivity index (χ0v) is 8.01. The molecule has 4 nitrogen and oxygen atoms in total. The van der Waals surface area contributed by atoms with Crippen LogP contribution >= 0.6 is 0 Å². The fourth-order valence-corrected chi connectivity index (χ4v) is 1.66. The summed E-state index contributed by atoms with van der Waals surface area (Å²) >= 11 is 0. The Kier molecular flexibility index (Phi) is 3.69. The van der Waals surface area contributed by atoms with E-state index in [0.717, 1.165) is 25.7 Å². The summed E-state index contributed by atoms with van der Waals surface area (Å²) in [6, 6.07) is 0. The van der Waals surface area contributed by atoms with E-state index < -0.39 is 5.60 Å². The molecule has 0 spiro atoms. The van der Waals surface area contributed by atoms with E-state index in [1.165, 1.54) is 7.11 Å². The standard InChI is InChI=1S/C9H17NO3/c1-13-6-8(11)10-7-9(12)4-2-3-5-9/h12H,2-7H2,1H3,(H,10,11). The summed E-state index contributed by atoms with van der Waals surface area (Å²) in [6.07, 6.45) is 3.69. The van der Waals surface area contributed by atoms with E-state index in [4.69, 9.17) is 0 Å². The average molecular weight is 187 g/mol. The van der Waals surface area contributed by atoms with E-state index >= 15 is 0 Å². The number of rotatable bonds is 4. The van der Waals surface area contributed by atoms with Crippen LogP contribution in [0.3, 0.4) is 0 Å². The molecular formula is C9H17NO3. The van der Waals surface area contributed by atoms with Gasteiger partial charge in [-0.2, -0.15) is 0 Å². The highest BCUT2D eigenvalue weighted by atomic mass is 16.5.